The van der Waals surface area contributed by atoms with Crippen molar-refractivity contribution in [1.82, 2.24) is 0 Å². The maximum Gasteiger partial charge on any atom is 0.0799 e. The largest absolute Gasteiger partial charge is 0.394 e. The summed E-state index contributed by atoms with van der Waals surface area (Å²) in [7, 11) is 0. The van der Waals surface area contributed by atoms with Crippen LogP contribution in [0.3, 0.4) is 0 Å². The van der Waals surface area contributed by atoms with Crippen molar-refractivity contribution in [2.75, 3.05) is 6.61 Å². The minimum atomic E-state index is -0.573. The third-order valence-electron chi connectivity index (χ3n) is 1.59. The van der Waals surface area contributed by atoms with Crippen LogP contribution in [-0.2, 0) is 0 Å². The van der Waals surface area contributed by atoms with Gasteiger partial charge in [-0.3, -0.25) is 0 Å². The summed E-state index contributed by atoms with van der Waals surface area (Å²) in [5, 5.41) is 17.6. The Kier molecular flexibility index (Phi) is 5.26. The van der Waals surface area contributed by atoms with Gasteiger partial charge in [-0.1, -0.05) is 19.1 Å². The first kappa shape index (κ1) is 9.66. The predicted octanol–water partition coefficient (Wildman–Crippen LogP) is 0.942. The second-order valence-corrected chi connectivity index (χ2v) is 2.53. The van der Waals surface area contributed by atoms with Crippen molar-refractivity contribution in [3.8, 4) is 0 Å². The second kappa shape index (κ2) is 5.45. The molecule has 2 unspecified atom stereocenters. The fourth-order valence-corrected chi connectivity index (χ4v) is 0.688. The van der Waals surface area contributed by atoms with Crippen LogP contribution in [0, 0.1) is 5.92 Å². The Morgan fingerprint density at radius 1 is 1.50 bits per heavy atom. The molecule has 2 nitrogen and oxygen atoms in total. The number of allylic oxidation sites excluding steroid dienone is 2. The molecular formula is C8H16O2. The monoisotopic (exact) mass is 144 g/mol. The molecule has 0 bridgehead atoms. The summed E-state index contributed by atoms with van der Waals surface area (Å²) in [6.45, 7) is 3.72. The van der Waals surface area contributed by atoms with E-state index in [-0.39, 0.29) is 12.5 Å². The standard InChI is InChI=1S/C8H16O2/c1-3-4-5-7(2)8(10)6-9/h3-4,7-10H,5-6H2,1-2H3. The molecule has 0 aliphatic rings. The van der Waals surface area contributed by atoms with Crippen LogP contribution < -0.4 is 0 Å². The van der Waals surface area contributed by atoms with Crippen LogP contribution >= 0.6 is 0 Å². The van der Waals surface area contributed by atoms with E-state index < -0.39 is 6.10 Å². The zero-order valence-corrected chi connectivity index (χ0v) is 6.62. The zero-order chi connectivity index (χ0) is 7.98. The third-order valence-corrected chi connectivity index (χ3v) is 1.59. The maximum atomic E-state index is 9.07. The van der Waals surface area contributed by atoms with Crippen molar-refractivity contribution in [1.29, 1.82) is 0 Å². The lowest BCUT2D eigenvalue weighted by Crippen LogP contribution is -2.20. The number of hydrogen-bond donors (Lipinski definition) is 2. The van der Waals surface area contributed by atoms with E-state index in [2.05, 4.69) is 0 Å². The summed E-state index contributed by atoms with van der Waals surface area (Å²) in [4.78, 5) is 0. The first-order valence-electron chi connectivity index (χ1n) is 3.62. The molecule has 0 amide bonds. The highest BCUT2D eigenvalue weighted by Crippen LogP contribution is 2.07. The first-order chi connectivity index (χ1) is 4.72. The van der Waals surface area contributed by atoms with Crippen LogP contribution in [0.1, 0.15) is 20.3 Å². The number of aliphatic hydroxyl groups excluding tert-OH is 2. The van der Waals surface area contributed by atoms with Gasteiger partial charge in [-0.2, -0.15) is 0 Å². The smallest absolute Gasteiger partial charge is 0.0799 e. The summed E-state index contributed by atoms with van der Waals surface area (Å²) < 4.78 is 0. The van der Waals surface area contributed by atoms with E-state index in [4.69, 9.17) is 10.2 Å². The molecule has 2 N–H and O–H groups in total. The highest BCUT2D eigenvalue weighted by molar-refractivity contribution is 4.81. The average Bonchev–Trinajstić information content (AvgIpc) is 1.98. The molecule has 0 aromatic heterocycles. The molecular weight excluding hydrogens is 128 g/mol. The summed E-state index contributed by atoms with van der Waals surface area (Å²) in [5.41, 5.74) is 0. The summed E-state index contributed by atoms with van der Waals surface area (Å²) in [5.74, 6) is 0.154. The van der Waals surface area contributed by atoms with Crippen LogP contribution in [0.5, 0.6) is 0 Å². The number of hydrogen-bond acceptors (Lipinski definition) is 2. The summed E-state index contributed by atoms with van der Waals surface area (Å²) in [6, 6.07) is 0. The summed E-state index contributed by atoms with van der Waals surface area (Å²) in [6.07, 6.45) is 4.19. The second-order valence-electron chi connectivity index (χ2n) is 2.53. The quantitative estimate of drug-likeness (QED) is 0.576. The minimum absolute atomic E-state index is 0.140. The predicted molar refractivity (Wildman–Crippen MR) is 41.7 cm³/mol. The van der Waals surface area contributed by atoms with Crippen LogP contribution in [-0.4, -0.2) is 22.9 Å². The molecule has 60 valence electrons. The van der Waals surface area contributed by atoms with E-state index in [0.29, 0.717) is 0 Å². The molecule has 0 rings (SSSR count). The van der Waals surface area contributed by atoms with Gasteiger partial charge in [-0.05, 0) is 19.3 Å². The Balaban J connectivity index is 3.50. The highest BCUT2D eigenvalue weighted by atomic mass is 16.3. The topological polar surface area (TPSA) is 40.5 Å². The minimum Gasteiger partial charge on any atom is -0.394 e. The van der Waals surface area contributed by atoms with Crippen molar-refractivity contribution in [3.63, 3.8) is 0 Å². The Labute approximate surface area is 62.2 Å². The molecule has 0 heterocycles. The number of rotatable bonds is 4. The Hall–Kier alpha value is -0.340. The van der Waals surface area contributed by atoms with Crippen molar-refractivity contribution < 1.29 is 10.2 Å². The van der Waals surface area contributed by atoms with Gasteiger partial charge in [0.1, 0.15) is 0 Å². The highest BCUT2D eigenvalue weighted by Gasteiger charge is 2.09. The van der Waals surface area contributed by atoms with E-state index in [9.17, 15) is 0 Å². The molecule has 0 aromatic carbocycles. The Morgan fingerprint density at radius 2 is 2.10 bits per heavy atom. The van der Waals surface area contributed by atoms with E-state index in [1.807, 2.05) is 26.0 Å². The summed E-state index contributed by atoms with van der Waals surface area (Å²) >= 11 is 0. The van der Waals surface area contributed by atoms with Crippen LogP contribution in [0.2, 0.25) is 0 Å². The molecule has 0 saturated carbocycles. The first-order valence-corrected chi connectivity index (χ1v) is 3.62. The van der Waals surface area contributed by atoms with Gasteiger partial charge in [0.2, 0.25) is 0 Å². The molecule has 0 radical (unpaired) electrons. The lowest BCUT2D eigenvalue weighted by molar-refractivity contribution is 0.0544. The number of aliphatic hydroxyl groups is 2. The van der Waals surface area contributed by atoms with Crippen LogP contribution in [0.25, 0.3) is 0 Å². The van der Waals surface area contributed by atoms with E-state index in [0.717, 1.165) is 6.42 Å². The molecule has 0 spiro atoms. The Morgan fingerprint density at radius 3 is 2.50 bits per heavy atom. The SMILES string of the molecule is CC=CCC(C)C(O)CO. The Bertz CT molecular complexity index is 99.4. The lowest BCUT2D eigenvalue weighted by atomic mass is 10.0. The molecule has 2 atom stereocenters. The maximum absolute atomic E-state index is 9.07. The molecule has 0 aliphatic carbocycles. The van der Waals surface area contributed by atoms with E-state index in [1.165, 1.54) is 0 Å². The zero-order valence-electron chi connectivity index (χ0n) is 6.62. The molecule has 0 aromatic rings. The molecule has 0 saturated heterocycles. The molecule has 2 heteroatoms. The lowest BCUT2D eigenvalue weighted by Gasteiger charge is -2.13. The fourth-order valence-electron chi connectivity index (χ4n) is 0.688. The molecule has 0 fully saturated rings. The van der Waals surface area contributed by atoms with Crippen LogP contribution in [0.15, 0.2) is 12.2 Å². The van der Waals surface area contributed by atoms with Crippen molar-refractivity contribution in [3.05, 3.63) is 12.2 Å². The van der Waals surface area contributed by atoms with E-state index in [1.54, 1.807) is 0 Å². The van der Waals surface area contributed by atoms with Crippen LogP contribution in [0.4, 0.5) is 0 Å². The average molecular weight is 144 g/mol. The normalized spacial score (nSPS) is 17.6. The van der Waals surface area contributed by atoms with Crippen molar-refractivity contribution >= 4 is 0 Å². The van der Waals surface area contributed by atoms with Gasteiger partial charge < -0.3 is 10.2 Å². The van der Waals surface area contributed by atoms with Gasteiger partial charge in [-0.15, -0.1) is 0 Å². The van der Waals surface area contributed by atoms with Gasteiger partial charge >= 0.3 is 0 Å². The third kappa shape index (κ3) is 3.64. The fraction of sp³-hybridized carbons (Fsp3) is 0.750. The van der Waals surface area contributed by atoms with Gasteiger partial charge in [0.05, 0.1) is 12.7 Å². The molecule has 0 aliphatic heterocycles. The van der Waals surface area contributed by atoms with Gasteiger partial charge in [0.15, 0.2) is 0 Å². The molecule has 10 heavy (non-hydrogen) atoms. The van der Waals surface area contributed by atoms with Crippen molar-refractivity contribution in [2.45, 2.75) is 26.4 Å². The van der Waals surface area contributed by atoms with Gasteiger partial charge in [0, 0.05) is 0 Å². The van der Waals surface area contributed by atoms with Gasteiger partial charge in [-0.25, -0.2) is 0 Å². The van der Waals surface area contributed by atoms with E-state index >= 15 is 0 Å². The van der Waals surface area contributed by atoms with Crippen molar-refractivity contribution in [2.24, 2.45) is 5.92 Å². The van der Waals surface area contributed by atoms with Gasteiger partial charge in [0.25, 0.3) is 0 Å².